The third kappa shape index (κ3) is 5.01. The van der Waals surface area contributed by atoms with E-state index in [1.54, 1.807) is 12.1 Å². The van der Waals surface area contributed by atoms with E-state index < -0.39 is 5.60 Å². The Balaban J connectivity index is 1.91. The molecule has 116 valence electrons. The molecule has 0 saturated heterocycles. The molecule has 2 N–H and O–H groups in total. The average Bonchev–Trinajstić information content (AvgIpc) is 2.40. The third-order valence-electron chi connectivity index (χ3n) is 3.38. The summed E-state index contributed by atoms with van der Waals surface area (Å²) in [7, 11) is 0. The number of aromatic nitrogens is 1. The Morgan fingerprint density at radius 2 is 1.90 bits per heavy atom. The largest absolute Gasteiger partial charge is 0.474 e. The van der Waals surface area contributed by atoms with Crippen LogP contribution in [0.3, 0.4) is 0 Å². The smallest absolute Gasteiger partial charge is 0.340 e. The predicted molar refractivity (Wildman–Crippen MR) is 80.3 cm³/mol. The van der Waals surface area contributed by atoms with Crippen LogP contribution in [0.4, 0.5) is 0 Å². The second-order valence-corrected chi connectivity index (χ2v) is 6.54. The first-order chi connectivity index (χ1) is 9.83. The summed E-state index contributed by atoms with van der Waals surface area (Å²) in [6, 6.07) is 3.70. The molecule has 1 heterocycles. The lowest BCUT2D eigenvalue weighted by Gasteiger charge is -2.26. The fourth-order valence-electron chi connectivity index (χ4n) is 2.28. The highest BCUT2D eigenvalue weighted by Gasteiger charge is 2.21. The average molecular weight is 292 g/mol. The Morgan fingerprint density at radius 1 is 1.24 bits per heavy atom. The van der Waals surface area contributed by atoms with Crippen molar-refractivity contribution in [3.8, 4) is 5.88 Å². The number of hydrogen-bond donors (Lipinski definition) is 1. The highest BCUT2D eigenvalue weighted by atomic mass is 16.6. The predicted octanol–water partition coefficient (Wildman–Crippen LogP) is 2.69. The zero-order valence-electron chi connectivity index (χ0n) is 13.0. The maximum absolute atomic E-state index is 11.9. The zero-order chi connectivity index (χ0) is 15.5. The molecule has 1 aromatic rings. The monoisotopic (exact) mass is 292 g/mol. The van der Waals surface area contributed by atoms with Gasteiger partial charge in [-0.2, -0.15) is 0 Å². The molecular weight excluding hydrogens is 268 g/mol. The molecule has 2 rings (SSSR count). The molecule has 21 heavy (non-hydrogen) atoms. The SMILES string of the molecule is CC(C)(C)OC(=O)c1ccc(OC2CCC(N)CC2)nc1. The maximum atomic E-state index is 11.9. The van der Waals surface area contributed by atoms with E-state index >= 15 is 0 Å². The van der Waals surface area contributed by atoms with Crippen molar-refractivity contribution >= 4 is 5.97 Å². The van der Waals surface area contributed by atoms with Crippen LogP contribution in [-0.2, 0) is 4.74 Å². The van der Waals surface area contributed by atoms with Gasteiger partial charge in [-0.3, -0.25) is 0 Å². The number of hydrogen-bond acceptors (Lipinski definition) is 5. The maximum Gasteiger partial charge on any atom is 0.340 e. The van der Waals surface area contributed by atoms with E-state index in [9.17, 15) is 4.79 Å². The van der Waals surface area contributed by atoms with Crippen LogP contribution in [0, 0.1) is 0 Å². The van der Waals surface area contributed by atoms with Crippen LogP contribution < -0.4 is 10.5 Å². The Morgan fingerprint density at radius 3 is 2.43 bits per heavy atom. The van der Waals surface area contributed by atoms with Crippen LogP contribution in [0.1, 0.15) is 56.8 Å². The van der Waals surface area contributed by atoms with Gasteiger partial charge in [0.15, 0.2) is 0 Å². The molecule has 1 aromatic heterocycles. The summed E-state index contributed by atoms with van der Waals surface area (Å²) in [6.07, 6.45) is 5.55. The fourth-order valence-corrected chi connectivity index (χ4v) is 2.28. The van der Waals surface area contributed by atoms with Crippen LogP contribution in [0.15, 0.2) is 18.3 Å². The second kappa shape index (κ2) is 6.43. The van der Waals surface area contributed by atoms with Crippen molar-refractivity contribution in [2.45, 2.75) is 64.2 Å². The standard InChI is InChI=1S/C16H24N2O3/c1-16(2,3)21-15(19)11-4-9-14(18-10-11)20-13-7-5-12(17)6-8-13/h4,9-10,12-13H,5-8,17H2,1-3H3. The lowest BCUT2D eigenvalue weighted by atomic mass is 9.94. The van der Waals surface area contributed by atoms with E-state index in [1.807, 2.05) is 20.8 Å². The number of pyridine rings is 1. The van der Waals surface area contributed by atoms with E-state index in [0.717, 1.165) is 25.7 Å². The van der Waals surface area contributed by atoms with Crippen LogP contribution in [0.2, 0.25) is 0 Å². The van der Waals surface area contributed by atoms with E-state index in [0.29, 0.717) is 17.5 Å². The summed E-state index contributed by atoms with van der Waals surface area (Å²) >= 11 is 0. The number of esters is 1. The number of carbonyl (C=O) groups is 1. The summed E-state index contributed by atoms with van der Waals surface area (Å²) in [5, 5.41) is 0. The molecule has 0 aromatic carbocycles. The first-order valence-corrected chi connectivity index (χ1v) is 7.45. The van der Waals surface area contributed by atoms with Gasteiger partial charge in [0.05, 0.1) is 5.56 Å². The Labute approximate surface area is 125 Å². The molecule has 0 amide bonds. The van der Waals surface area contributed by atoms with Crippen LogP contribution in [0.25, 0.3) is 0 Å². The number of rotatable bonds is 3. The zero-order valence-corrected chi connectivity index (χ0v) is 13.0. The molecule has 0 atom stereocenters. The third-order valence-corrected chi connectivity index (χ3v) is 3.38. The quantitative estimate of drug-likeness (QED) is 0.867. The van der Waals surface area contributed by atoms with Gasteiger partial charge < -0.3 is 15.2 Å². The number of ether oxygens (including phenoxy) is 2. The topological polar surface area (TPSA) is 74.4 Å². The molecule has 5 nitrogen and oxygen atoms in total. The van der Waals surface area contributed by atoms with Crippen molar-refractivity contribution in [2.24, 2.45) is 5.73 Å². The molecule has 1 saturated carbocycles. The summed E-state index contributed by atoms with van der Waals surface area (Å²) in [5.41, 5.74) is 5.80. The molecule has 0 bridgehead atoms. The summed E-state index contributed by atoms with van der Waals surface area (Å²) < 4.78 is 11.1. The van der Waals surface area contributed by atoms with Crippen molar-refractivity contribution in [2.75, 3.05) is 0 Å². The number of nitrogens with zero attached hydrogens (tertiary/aromatic N) is 1. The normalized spacial score (nSPS) is 22.7. The minimum atomic E-state index is -0.507. The molecular formula is C16H24N2O3. The van der Waals surface area contributed by atoms with Crippen molar-refractivity contribution in [1.29, 1.82) is 0 Å². The van der Waals surface area contributed by atoms with Gasteiger partial charge in [0.2, 0.25) is 5.88 Å². The Kier molecular flexibility index (Phi) is 4.83. The molecule has 1 aliphatic carbocycles. The van der Waals surface area contributed by atoms with Gasteiger partial charge in [-0.15, -0.1) is 0 Å². The second-order valence-electron chi connectivity index (χ2n) is 6.54. The number of carbonyl (C=O) groups excluding carboxylic acids is 1. The first-order valence-electron chi connectivity index (χ1n) is 7.45. The fraction of sp³-hybridized carbons (Fsp3) is 0.625. The van der Waals surface area contributed by atoms with Gasteiger partial charge >= 0.3 is 5.97 Å². The van der Waals surface area contributed by atoms with Crippen molar-refractivity contribution < 1.29 is 14.3 Å². The molecule has 1 aliphatic rings. The van der Waals surface area contributed by atoms with E-state index in [4.69, 9.17) is 15.2 Å². The van der Waals surface area contributed by atoms with Gasteiger partial charge in [0.25, 0.3) is 0 Å². The minimum Gasteiger partial charge on any atom is -0.474 e. The van der Waals surface area contributed by atoms with E-state index in [2.05, 4.69) is 4.98 Å². The summed E-state index contributed by atoms with van der Waals surface area (Å²) in [5.74, 6) is 0.174. The lowest BCUT2D eigenvalue weighted by molar-refractivity contribution is 0.00690. The Bertz CT molecular complexity index is 471. The molecule has 0 unspecified atom stereocenters. The van der Waals surface area contributed by atoms with Crippen molar-refractivity contribution in [3.05, 3.63) is 23.9 Å². The van der Waals surface area contributed by atoms with E-state index in [1.165, 1.54) is 6.20 Å². The highest BCUT2D eigenvalue weighted by molar-refractivity contribution is 5.89. The highest BCUT2D eigenvalue weighted by Crippen LogP contribution is 2.22. The van der Waals surface area contributed by atoms with Crippen molar-refractivity contribution in [1.82, 2.24) is 4.98 Å². The lowest BCUT2D eigenvalue weighted by Crippen LogP contribution is -2.31. The first kappa shape index (κ1) is 15.8. The molecule has 0 spiro atoms. The van der Waals surface area contributed by atoms with Crippen LogP contribution >= 0.6 is 0 Å². The van der Waals surface area contributed by atoms with Crippen LogP contribution in [-0.4, -0.2) is 28.7 Å². The van der Waals surface area contributed by atoms with Crippen molar-refractivity contribution in [3.63, 3.8) is 0 Å². The Hall–Kier alpha value is -1.62. The van der Waals surface area contributed by atoms with Gasteiger partial charge in [0.1, 0.15) is 11.7 Å². The van der Waals surface area contributed by atoms with Gasteiger partial charge in [-0.1, -0.05) is 0 Å². The molecule has 0 aliphatic heterocycles. The number of nitrogens with two attached hydrogens (primary N) is 1. The van der Waals surface area contributed by atoms with Crippen LogP contribution in [0.5, 0.6) is 5.88 Å². The summed E-state index contributed by atoms with van der Waals surface area (Å²) in [6.45, 7) is 5.51. The molecule has 5 heteroatoms. The van der Waals surface area contributed by atoms with E-state index in [-0.39, 0.29) is 12.1 Å². The minimum absolute atomic E-state index is 0.171. The summed E-state index contributed by atoms with van der Waals surface area (Å²) in [4.78, 5) is 16.1. The molecule has 1 fully saturated rings. The van der Waals surface area contributed by atoms with Gasteiger partial charge in [-0.05, 0) is 52.5 Å². The van der Waals surface area contributed by atoms with Gasteiger partial charge in [0, 0.05) is 18.3 Å². The molecule has 0 radical (unpaired) electrons. The van der Waals surface area contributed by atoms with Gasteiger partial charge in [-0.25, -0.2) is 9.78 Å².